The van der Waals surface area contributed by atoms with Crippen LogP contribution in [0.4, 0.5) is 5.69 Å². The van der Waals surface area contributed by atoms with E-state index in [-0.39, 0.29) is 5.91 Å². The molecule has 1 aromatic rings. The molecule has 1 saturated heterocycles. The highest BCUT2D eigenvalue weighted by atomic mass is 16.7. The van der Waals surface area contributed by atoms with Crippen molar-refractivity contribution < 1.29 is 9.63 Å². The minimum atomic E-state index is -0.0886. The molecule has 1 aliphatic heterocycles. The fourth-order valence-corrected chi connectivity index (χ4v) is 1.31. The lowest BCUT2D eigenvalue weighted by Crippen LogP contribution is -2.23. The topological polar surface area (TPSA) is 29.5 Å². The summed E-state index contributed by atoms with van der Waals surface area (Å²) in [4.78, 5) is 16.4. The molecule has 0 aliphatic carbocycles. The molecule has 0 unspecified atom stereocenters. The molecule has 1 heterocycles. The predicted octanol–water partition coefficient (Wildman–Crippen LogP) is 1.48. The van der Waals surface area contributed by atoms with E-state index >= 15 is 0 Å². The van der Waals surface area contributed by atoms with Crippen LogP contribution in [0.5, 0.6) is 0 Å². The summed E-state index contributed by atoms with van der Waals surface area (Å²) in [5, 5.41) is 1.33. The lowest BCUT2D eigenvalue weighted by molar-refractivity contribution is -0.117. The van der Waals surface area contributed by atoms with Gasteiger partial charge in [-0.1, -0.05) is 18.2 Å². The number of nitrogens with zero attached hydrogens (tertiary/aromatic N) is 1. The van der Waals surface area contributed by atoms with Gasteiger partial charge < -0.3 is 0 Å². The molecule has 0 atom stereocenters. The van der Waals surface area contributed by atoms with Crippen molar-refractivity contribution in [1.29, 1.82) is 0 Å². The Labute approximate surface area is 76.9 Å². The maximum absolute atomic E-state index is 11.3. The molecule has 0 N–H and O–H groups in total. The van der Waals surface area contributed by atoms with Crippen molar-refractivity contribution in [2.24, 2.45) is 0 Å². The van der Waals surface area contributed by atoms with Crippen molar-refractivity contribution in [2.45, 2.75) is 6.92 Å². The third-order valence-electron chi connectivity index (χ3n) is 2.00. The van der Waals surface area contributed by atoms with Crippen LogP contribution in [0.15, 0.2) is 24.3 Å². The third kappa shape index (κ3) is 1.42. The average molecular weight is 176 g/mol. The SMILES string of the molecule is Cc1ccccc1N1OC[CH]C1=O. The van der Waals surface area contributed by atoms with Crippen LogP contribution in [0.25, 0.3) is 0 Å². The number of hydrogen-bond donors (Lipinski definition) is 0. The first-order chi connectivity index (χ1) is 6.29. The van der Waals surface area contributed by atoms with E-state index in [0.29, 0.717) is 6.61 Å². The number of carbonyl (C=O) groups is 1. The quantitative estimate of drug-likeness (QED) is 0.648. The van der Waals surface area contributed by atoms with Gasteiger partial charge in [0, 0.05) is 0 Å². The number of hydroxylamine groups is 1. The summed E-state index contributed by atoms with van der Waals surface area (Å²) in [5.74, 6) is -0.0886. The molecule has 1 fully saturated rings. The molecular weight excluding hydrogens is 166 g/mol. The number of para-hydroxylation sites is 1. The van der Waals surface area contributed by atoms with Gasteiger partial charge in [-0.15, -0.1) is 0 Å². The Bertz CT molecular complexity index is 335. The van der Waals surface area contributed by atoms with E-state index in [0.717, 1.165) is 11.3 Å². The standard InChI is InChI=1S/C10H10NO2/c1-8-4-2-3-5-9(8)11-10(12)6-7-13-11/h2-6H,7H2,1H3. The third-order valence-corrected chi connectivity index (χ3v) is 2.00. The highest BCUT2D eigenvalue weighted by molar-refractivity contribution is 5.99. The highest BCUT2D eigenvalue weighted by Gasteiger charge is 2.24. The van der Waals surface area contributed by atoms with Gasteiger partial charge in [-0.25, -0.2) is 0 Å². The van der Waals surface area contributed by atoms with E-state index < -0.39 is 0 Å². The van der Waals surface area contributed by atoms with Crippen LogP contribution in [-0.2, 0) is 9.63 Å². The molecule has 1 aliphatic rings. The maximum atomic E-state index is 11.3. The van der Waals surface area contributed by atoms with E-state index in [2.05, 4.69) is 0 Å². The Hall–Kier alpha value is -1.35. The van der Waals surface area contributed by atoms with Gasteiger partial charge in [-0.05, 0) is 18.6 Å². The molecule has 3 heteroatoms. The van der Waals surface area contributed by atoms with Crippen LogP contribution in [-0.4, -0.2) is 12.5 Å². The summed E-state index contributed by atoms with van der Waals surface area (Å²) in [5.41, 5.74) is 1.85. The Morgan fingerprint density at radius 3 is 2.77 bits per heavy atom. The highest BCUT2D eigenvalue weighted by Crippen LogP contribution is 2.22. The molecule has 2 rings (SSSR count). The second kappa shape index (κ2) is 3.18. The molecule has 1 aromatic carbocycles. The van der Waals surface area contributed by atoms with Gasteiger partial charge in [-0.2, -0.15) is 5.06 Å². The largest absolute Gasteiger partial charge is 0.272 e. The fraction of sp³-hybridized carbons (Fsp3) is 0.200. The number of anilines is 1. The van der Waals surface area contributed by atoms with Gasteiger partial charge in [0.2, 0.25) is 0 Å². The molecule has 0 bridgehead atoms. The zero-order valence-corrected chi connectivity index (χ0v) is 7.36. The normalized spacial score (nSPS) is 16.7. The second-order valence-corrected chi connectivity index (χ2v) is 2.92. The van der Waals surface area contributed by atoms with E-state index in [1.54, 1.807) is 0 Å². The summed E-state index contributed by atoms with van der Waals surface area (Å²) in [6.07, 6.45) is 1.52. The number of rotatable bonds is 1. The maximum Gasteiger partial charge on any atom is 0.257 e. The average Bonchev–Trinajstić information content (AvgIpc) is 2.52. The zero-order valence-electron chi connectivity index (χ0n) is 7.36. The Kier molecular flexibility index (Phi) is 2.02. The van der Waals surface area contributed by atoms with Gasteiger partial charge in [-0.3, -0.25) is 9.63 Å². The first-order valence-electron chi connectivity index (χ1n) is 4.15. The van der Waals surface area contributed by atoms with Gasteiger partial charge in [0.15, 0.2) is 0 Å². The van der Waals surface area contributed by atoms with Crippen LogP contribution < -0.4 is 5.06 Å². The molecule has 13 heavy (non-hydrogen) atoms. The molecule has 0 aromatic heterocycles. The van der Waals surface area contributed by atoms with Crippen molar-refractivity contribution >= 4 is 11.6 Å². The van der Waals surface area contributed by atoms with Crippen LogP contribution in [0.2, 0.25) is 0 Å². The van der Waals surface area contributed by atoms with E-state index in [9.17, 15) is 4.79 Å². The predicted molar refractivity (Wildman–Crippen MR) is 48.9 cm³/mol. The van der Waals surface area contributed by atoms with Crippen LogP contribution >= 0.6 is 0 Å². The van der Waals surface area contributed by atoms with Crippen LogP contribution in [0.1, 0.15) is 5.56 Å². The monoisotopic (exact) mass is 176 g/mol. The zero-order chi connectivity index (χ0) is 9.26. The molecular formula is C10H10NO2. The first kappa shape index (κ1) is 8.26. The lowest BCUT2D eigenvalue weighted by atomic mass is 10.2. The molecule has 67 valence electrons. The lowest BCUT2D eigenvalue weighted by Gasteiger charge is -2.15. The summed E-state index contributed by atoms with van der Waals surface area (Å²) >= 11 is 0. The van der Waals surface area contributed by atoms with Gasteiger partial charge in [0.05, 0.1) is 18.7 Å². The van der Waals surface area contributed by atoms with E-state index in [4.69, 9.17) is 4.84 Å². The van der Waals surface area contributed by atoms with Crippen LogP contribution in [0, 0.1) is 13.3 Å². The minimum Gasteiger partial charge on any atom is -0.272 e. The minimum absolute atomic E-state index is 0.0886. The van der Waals surface area contributed by atoms with E-state index in [1.807, 2.05) is 31.2 Å². The van der Waals surface area contributed by atoms with Crippen molar-refractivity contribution in [3.63, 3.8) is 0 Å². The van der Waals surface area contributed by atoms with Gasteiger partial charge in [0.25, 0.3) is 5.91 Å². The van der Waals surface area contributed by atoms with E-state index in [1.165, 1.54) is 11.5 Å². The molecule has 0 spiro atoms. The summed E-state index contributed by atoms with van der Waals surface area (Å²) in [6.45, 7) is 2.32. The fourth-order valence-electron chi connectivity index (χ4n) is 1.31. The molecule has 3 nitrogen and oxygen atoms in total. The number of carbonyl (C=O) groups excluding carboxylic acids is 1. The van der Waals surface area contributed by atoms with Crippen LogP contribution in [0.3, 0.4) is 0 Å². The second-order valence-electron chi connectivity index (χ2n) is 2.92. The Balaban J connectivity index is 2.34. The molecule has 0 saturated carbocycles. The van der Waals surface area contributed by atoms with Gasteiger partial charge >= 0.3 is 0 Å². The number of benzene rings is 1. The molecule has 1 amide bonds. The summed E-state index contributed by atoms with van der Waals surface area (Å²) < 4.78 is 0. The van der Waals surface area contributed by atoms with Crippen molar-refractivity contribution in [1.82, 2.24) is 0 Å². The van der Waals surface area contributed by atoms with Crippen molar-refractivity contribution in [3.8, 4) is 0 Å². The summed E-state index contributed by atoms with van der Waals surface area (Å²) in [7, 11) is 0. The van der Waals surface area contributed by atoms with Gasteiger partial charge in [0.1, 0.15) is 0 Å². The van der Waals surface area contributed by atoms with Crippen molar-refractivity contribution in [3.05, 3.63) is 36.2 Å². The summed E-state index contributed by atoms with van der Waals surface area (Å²) in [6, 6.07) is 7.64. The Morgan fingerprint density at radius 2 is 2.15 bits per heavy atom. The number of aryl methyl sites for hydroxylation is 1. The van der Waals surface area contributed by atoms with Crippen molar-refractivity contribution in [2.75, 3.05) is 11.7 Å². The number of amides is 1. The molecule has 1 radical (unpaired) electrons. The first-order valence-corrected chi connectivity index (χ1v) is 4.15. The number of hydrogen-bond acceptors (Lipinski definition) is 2. The smallest absolute Gasteiger partial charge is 0.257 e. The Morgan fingerprint density at radius 1 is 1.38 bits per heavy atom.